The minimum Gasteiger partial charge on any atom is -0.454 e. The molecular weight excluding hydrogens is 693 g/mol. The first-order valence-corrected chi connectivity index (χ1v) is 20.0. The molecule has 8 aromatic carbocycles. The summed E-state index contributed by atoms with van der Waals surface area (Å²) in [5.74, 6) is 0. The molecule has 2 heterocycles. The number of para-hydroxylation sites is 3. The van der Waals surface area contributed by atoms with E-state index in [-0.39, 0.29) is 10.8 Å². The van der Waals surface area contributed by atoms with Gasteiger partial charge in [0.25, 0.3) is 0 Å². The van der Waals surface area contributed by atoms with E-state index in [9.17, 15) is 0 Å². The Morgan fingerprint density at radius 2 is 1.05 bits per heavy atom. The molecule has 0 fully saturated rings. The Bertz CT molecular complexity index is 3300. The van der Waals surface area contributed by atoms with Crippen molar-refractivity contribution < 1.29 is 4.42 Å². The molecule has 272 valence electrons. The van der Waals surface area contributed by atoms with Crippen molar-refractivity contribution in [2.45, 2.75) is 38.5 Å². The van der Waals surface area contributed by atoms with E-state index in [0.717, 1.165) is 44.8 Å². The summed E-state index contributed by atoms with van der Waals surface area (Å²) in [4.78, 5) is 2.47. The van der Waals surface area contributed by atoms with Crippen LogP contribution in [0.4, 0.5) is 17.1 Å². The van der Waals surface area contributed by atoms with Crippen LogP contribution < -0.4 is 4.90 Å². The molecule has 0 bridgehead atoms. The summed E-state index contributed by atoms with van der Waals surface area (Å²) in [6, 6.07) is 62.4. The van der Waals surface area contributed by atoms with E-state index in [2.05, 4.69) is 207 Å². The predicted molar refractivity (Wildman–Crippen MR) is 238 cm³/mol. The maximum atomic E-state index is 7.08. The molecule has 3 heteroatoms. The molecule has 0 radical (unpaired) electrons. The lowest BCUT2D eigenvalue weighted by molar-refractivity contribution is 0.656. The Morgan fingerprint density at radius 3 is 1.88 bits per heavy atom. The van der Waals surface area contributed by atoms with Gasteiger partial charge in [-0.25, -0.2) is 0 Å². The number of benzene rings is 8. The lowest BCUT2D eigenvalue weighted by Gasteiger charge is -2.30. The van der Waals surface area contributed by atoms with E-state index in [0.29, 0.717) is 0 Å². The van der Waals surface area contributed by atoms with Crippen LogP contribution >= 0.6 is 0 Å². The molecular formula is C54H40N2O. The molecule has 12 rings (SSSR count). The van der Waals surface area contributed by atoms with Gasteiger partial charge in [0, 0.05) is 49.4 Å². The summed E-state index contributed by atoms with van der Waals surface area (Å²) >= 11 is 0. The van der Waals surface area contributed by atoms with Crippen molar-refractivity contribution in [2.75, 3.05) is 4.90 Å². The van der Waals surface area contributed by atoms with E-state index < -0.39 is 0 Å². The van der Waals surface area contributed by atoms with Crippen molar-refractivity contribution in [3.05, 3.63) is 192 Å². The highest BCUT2D eigenvalue weighted by atomic mass is 16.3. The number of fused-ring (bicyclic) bond motifs is 13. The molecule has 2 aliphatic rings. The highest BCUT2D eigenvalue weighted by Gasteiger charge is 2.40. The van der Waals surface area contributed by atoms with Gasteiger partial charge in [-0.15, -0.1) is 0 Å². The van der Waals surface area contributed by atoms with Gasteiger partial charge in [0.2, 0.25) is 0 Å². The fourth-order valence-electron chi connectivity index (χ4n) is 10.4. The fourth-order valence-corrected chi connectivity index (χ4v) is 10.4. The summed E-state index contributed by atoms with van der Waals surface area (Å²) in [5.41, 5.74) is 18.7. The molecule has 0 aliphatic heterocycles. The molecule has 2 aliphatic carbocycles. The normalized spacial score (nSPS) is 14.6. The zero-order valence-corrected chi connectivity index (χ0v) is 32.5. The summed E-state index contributed by atoms with van der Waals surface area (Å²) in [5, 5.41) is 4.78. The van der Waals surface area contributed by atoms with E-state index in [1.165, 1.54) is 66.2 Å². The standard InChI is InChI=1S/C54H40N2O/c1-53(2)42-22-12-8-18-36(42)37-28-26-34(30-44(37)53)55(35-27-29-39-38-19-10-14-24-46(38)56(47(39)31-35)33-16-6-5-7-17-33)48-32-45-50(40-20-9-13-23-43(40)54(45,3)4)51-41-21-11-15-25-49(41)57-52(48)51/h5-32H,1-4H3. The highest BCUT2D eigenvalue weighted by Crippen LogP contribution is 2.57. The third-order valence-corrected chi connectivity index (χ3v) is 13.2. The average Bonchev–Trinajstić information content (AvgIpc) is 3.92. The second-order valence-corrected chi connectivity index (χ2v) is 16.9. The van der Waals surface area contributed by atoms with Crippen molar-refractivity contribution >= 4 is 60.8 Å². The SMILES string of the molecule is CC1(C)c2ccccc2-c2ccc(N(c3ccc4c5ccccc5n(-c5ccccc5)c4c3)c3cc4c(c5c3oc3ccccc35)-c3ccccc3C4(C)C)cc21. The number of anilines is 3. The Kier molecular flexibility index (Phi) is 6.46. The lowest BCUT2D eigenvalue weighted by atomic mass is 9.81. The number of hydrogen-bond donors (Lipinski definition) is 0. The van der Waals surface area contributed by atoms with Gasteiger partial charge >= 0.3 is 0 Å². The quantitative estimate of drug-likeness (QED) is 0.180. The van der Waals surface area contributed by atoms with Crippen LogP contribution in [0.3, 0.4) is 0 Å². The zero-order valence-electron chi connectivity index (χ0n) is 32.5. The number of furan rings is 1. The van der Waals surface area contributed by atoms with Crippen molar-refractivity contribution in [3.63, 3.8) is 0 Å². The van der Waals surface area contributed by atoms with Gasteiger partial charge in [0.1, 0.15) is 5.58 Å². The van der Waals surface area contributed by atoms with Gasteiger partial charge in [0.15, 0.2) is 5.58 Å². The second-order valence-electron chi connectivity index (χ2n) is 16.9. The summed E-state index contributed by atoms with van der Waals surface area (Å²) in [7, 11) is 0. The Morgan fingerprint density at radius 1 is 0.456 bits per heavy atom. The van der Waals surface area contributed by atoms with Crippen LogP contribution in [0.1, 0.15) is 49.9 Å². The summed E-state index contributed by atoms with van der Waals surface area (Å²) < 4.78 is 9.49. The smallest absolute Gasteiger partial charge is 0.160 e. The highest BCUT2D eigenvalue weighted by molar-refractivity contribution is 6.19. The Balaban J connectivity index is 1.20. The third kappa shape index (κ3) is 4.32. The lowest BCUT2D eigenvalue weighted by Crippen LogP contribution is -2.18. The van der Waals surface area contributed by atoms with Gasteiger partial charge in [0.05, 0.1) is 16.7 Å². The van der Waals surface area contributed by atoms with Crippen LogP contribution in [0.15, 0.2) is 174 Å². The van der Waals surface area contributed by atoms with Crippen molar-refractivity contribution in [2.24, 2.45) is 0 Å². The average molecular weight is 733 g/mol. The predicted octanol–water partition coefficient (Wildman–Crippen LogP) is 14.8. The maximum absolute atomic E-state index is 7.08. The van der Waals surface area contributed by atoms with E-state index in [4.69, 9.17) is 4.42 Å². The molecule has 0 N–H and O–H groups in total. The van der Waals surface area contributed by atoms with Gasteiger partial charge in [-0.2, -0.15) is 0 Å². The fraction of sp³-hybridized carbons (Fsp3) is 0.111. The molecule has 57 heavy (non-hydrogen) atoms. The monoisotopic (exact) mass is 732 g/mol. The molecule has 0 unspecified atom stereocenters. The molecule has 0 saturated heterocycles. The molecule has 0 amide bonds. The number of hydrogen-bond acceptors (Lipinski definition) is 2. The number of aromatic nitrogens is 1. The first-order chi connectivity index (χ1) is 27.8. The number of rotatable bonds is 4. The van der Waals surface area contributed by atoms with Crippen molar-refractivity contribution in [1.29, 1.82) is 0 Å². The van der Waals surface area contributed by atoms with Crippen LogP contribution in [0, 0.1) is 0 Å². The van der Waals surface area contributed by atoms with Crippen LogP contribution in [0.5, 0.6) is 0 Å². The van der Waals surface area contributed by atoms with Crippen LogP contribution in [-0.2, 0) is 10.8 Å². The van der Waals surface area contributed by atoms with E-state index >= 15 is 0 Å². The summed E-state index contributed by atoms with van der Waals surface area (Å²) in [6.07, 6.45) is 0. The van der Waals surface area contributed by atoms with Crippen LogP contribution in [0.25, 0.3) is 71.7 Å². The van der Waals surface area contributed by atoms with Crippen molar-refractivity contribution in [3.8, 4) is 27.9 Å². The second kappa shape index (κ2) is 11.4. The largest absolute Gasteiger partial charge is 0.454 e. The van der Waals surface area contributed by atoms with Gasteiger partial charge in [-0.05, 0) is 99.1 Å². The molecule has 3 nitrogen and oxygen atoms in total. The summed E-state index contributed by atoms with van der Waals surface area (Å²) in [6.45, 7) is 9.48. The third-order valence-electron chi connectivity index (χ3n) is 13.2. The Hall–Kier alpha value is -6.84. The minimum absolute atomic E-state index is 0.159. The first kappa shape index (κ1) is 32.4. The van der Waals surface area contributed by atoms with Crippen molar-refractivity contribution in [1.82, 2.24) is 4.57 Å². The van der Waals surface area contributed by atoms with Crippen LogP contribution in [-0.4, -0.2) is 4.57 Å². The van der Waals surface area contributed by atoms with Crippen LogP contribution in [0.2, 0.25) is 0 Å². The van der Waals surface area contributed by atoms with E-state index in [1.54, 1.807) is 0 Å². The van der Waals surface area contributed by atoms with Gasteiger partial charge in [-0.1, -0.05) is 143 Å². The van der Waals surface area contributed by atoms with E-state index in [1.807, 2.05) is 0 Å². The van der Waals surface area contributed by atoms with Gasteiger partial charge < -0.3 is 13.9 Å². The topological polar surface area (TPSA) is 21.3 Å². The maximum Gasteiger partial charge on any atom is 0.160 e. The minimum atomic E-state index is -0.218. The molecule has 0 atom stereocenters. The molecule has 0 saturated carbocycles. The zero-order chi connectivity index (χ0) is 38.2. The Labute approximate surface area is 332 Å². The molecule has 2 aromatic heterocycles. The first-order valence-electron chi connectivity index (χ1n) is 20.0. The molecule has 0 spiro atoms. The number of nitrogens with zero attached hydrogens (tertiary/aromatic N) is 2. The van der Waals surface area contributed by atoms with Gasteiger partial charge in [-0.3, -0.25) is 0 Å². The molecule has 10 aromatic rings.